The molecule has 0 saturated carbocycles. The SMILES string of the molecule is CCOc1ccc(/C=N/NC(=O)CN(C)S(=O)(=O)c2ccc3ccccc3c2)cc1. The number of likely N-dealkylation sites (N-methyl/N-ethyl adjacent to an activating group) is 1. The van der Waals surface area contributed by atoms with E-state index in [4.69, 9.17) is 4.74 Å². The van der Waals surface area contributed by atoms with Crippen molar-refractivity contribution in [2.75, 3.05) is 20.2 Å². The molecule has 0 saturated heterocycles. The molecule has 0 bridgehead atoms. The fourth-order valence-electron chi connectivity index (χ4n) is 2.83. The van der Waals surface area contributed by atoms with Crippen LogP contribution >= 0.6 is 0 Å². The highest BCUT2D eigenvalue weighted by atomic mass is 32.2. The predicted molar refractivity (Wildman–Crippen MR) is 117 cm³/mol. The molecule has 30 heavy (non-hydrogen) atoms. The van der Waals surface area contributed by atoms with Gasteiger partial charge in [0, 0.05) is 7.05 Å². The second kappa shape index (κ2) is 9.51. The lowest BCUT2D eigenvalue weighted by Gasteiger charge is -2.16. The molecule has 0 aliphatic heterocycles. The van der Waals surface area contributed by atoms with Crippen LogP contribution < -0.4 is 10.2 Å². The van der Waals surface area contributed by atoms with E-state index >= 15 is 0 Å². The first-order valence-corrected chi connectivity index (χ1v) is 10.8. The van der Waals surface area contributed by atoms with Crippen molar-refractivity contribution in [3.8, 4) is 5.75 Å². The van der Waals surface area contributed by atoms with Crippen molar-refractivity contribution < 1.29 is 17.9 Å². The minimum atomic E-state index is -3.81. The minimum Gasteiger partial charge on any atom is -0.494 e. The molecule has 0 aliphatic rings. The van der Waals surface area contributed by atoms with Gasteiger partial charge in [0.05, 0.1) is 24.3 Å². The Morgan fingerprint density at radius 3 is 2.47 bits per heavy atom. The van der Waals surface area contributed by atoms with E-state index in [0.717, 1.165) is 26.4 Å². The van der Waals surface area contributed by atoms with E-state index in [1.54, 1.807) is 36.4 Å². The highest BCUT2D eigenvalue weighted by Crippen LogP contribution is 2.21. The van der Waals surface area contributed by atoms with Crippen LogP contribution in [0.1, 0.15) is 12.5 Å². The van der Waals surface area contributed by atoms with E-state index in [0.29, 0.717) is 6.61 Å². The third kappa shape index (κ3) is 5.22. The molecule has 0 unspecified atom stereocenters. The number of hydrazone groups is 1. The molecule has 3 rings (SSSR count). The lowest BCUT2D eigenvalue weighted by atomic mass is 10.1. The zero-order valence-corrected chi connectivity index (χ0v) is 17.6. The van der Waals surface area contributed by atoms with Crippen LogP contribution in [0.25, 0.3) is 10.8 Å². The Labute approximate surface area is 176 Å². The Bertz CT molecular complexity index is 1160. The van der Waals surface area contributed by atoms with E-state index in [2.05, 4.69) is 10.5 Å². The van der Waals surface area contributed by atoms with Crippen LogP contribution in [0.5, 0.6) is 5.75 Å². The summed E-state index contributed by atoms with van der Waals surface area (Å²) >= 11 is 0. The number of amides is 1. The van der Waals surface area contributed by atoms with E-state index in [1.165, 1.54) is 19.3 Å². The van der Waals surface area contributed by atoms with Crippen LogP contribution in [0.2, 0.25) is 0 Å². The van der Waals surface area contributed by atoms with Gasteiger partial charge in [0.1, 0.15) is 5.75 Å². The summed E-state index contributed by atoms with van der Waals surface area (Å²) in [6.07, 6.45) is 1.48. The van der Waals surface area contributed by atoms with Crippen LogP contribution in [0.15, 0.2) is 76.7 Å². The molecule has 7 nitrogen and oxygen atoms in total. The highest BCUT2D eigenvalue weighted by Gasteiger charge is 2.23. The molecule has 0 aliphatic carbocycles. The molecule has 0 aromatic heterocycles. The van der Waals surface area contributed by atoms with E-state index in [9.17, 15) is 13.2 Å². The first-order chi connectivity index (χ1) is 14.4. The lowest BCUT2D eigenvalue weighted by Crippen LogP contribution is -2.36. The molecule has 1 amide bonds. The predicted octanol–water partition coefficient (Wildman–Crippen LogP) is 3.01. The van der Waals surface area contributed by atoms with Gasteiger partial charge >= 0.3 is 0 Å². The molecule has 3 aromatic carbocycles. The van der Waals surface area contributed by atoms with Gasteiger partial charge in [-0.25, -0.2) is 13.8 Å². The summed E-state index contributed by atoms with van der Waals surface area (Å²) in [5.74, 6) is 0.211. The standard InChI is InChI=1S/C22H23N3O4S/c1-3-29-20-11-8-17(9-12-20)15-23-24-22(26)16-25(2)30(27,28)21-13-10-18-6-4-5-7-19(18)14-21/h4-15H,3,16H2,1-2H3,(H,24,26)/b23-15+. The summed E-state index contributed by atoms with van der Waals surface area (Å²) in [5.41, 5.74) is 3.12. The van der Waals surface area contributed by atoms with Gasteiger partial charge in [-0.2, -0.15) is 9.41 Å². The van der Waals surface area contributed by atoms with Crippen molar-refractivity contribution in [2.24, 2.45) is 5.10 Å². The summed E-state index contributed by atoms with van der Waals surface area (Å²) in [4.78, 5) is 12.3. The van der Waals surface area contributed by atoms with Gasteiger partial charge in [0.15, 0.2) is 0 Å². The van der Waals surface area contributed by atoms with E-state index in [1.807, 2.05) is 31.2 Å². The van der Waals surface area contributed by atoms with Crippen molar-refractivity contribution in [1.29, 1.82) is 0 Å². The molecule has 0 fully saturated rings. The maximum atomic E-state index is 12.8. The second-order valence-corrected chi connectivity index (χ2v) is 8.61. The van der Waals surface area contributed by atoms with Crippen LogP contribution in [0.3, 0.4) is 0 Å². The van der Waals surface area contributed by atoms with Gasteiger partial charge in [-0.3, -0.25) is 4.79 Å². The van der Waals surface area contributed by atoms with Gasteiger partial charge in [-0.15, -0.1) is 0 Å². The fourth-order valence-corrected chi connectivity index (χ4v) is 3.99. The van der Waals surface area contributed by atoms with Gasteiger partial charge in [0.25, 0.3) is 5.91 Å². The zero-order chi connectivity index (χ0) is 21.6. The smallest absolute Gasteiger partial charge is 0.255 e. The average molecular weight is 426 g/mol. The minimum absolute atomic E-state index is 0.134. The quantitative estimate of drug-likeness (QED) is 0.444. The fraction of sp³-hybridized carbons (Fsp3) is 0.182. The molecular formula is C22H23N3O4S. The van der Waals surface area contributed by atoms with Crippen molar-refractivity contribution in [3.63, 3.8) is 0 Å². The van der Waals surface area contributed by atoms with Crippen molar-refractivity contribution in [2.45, 2.75) is 11.8 Å². The summed E-state index contributed by atoms with van der Waals surface area (Å²) < 4.78 is 31.9. The van der Waals surface area contributed by atoms with Gasteiger partial charge in [-0.05, 0) is 59.7 Å². The molecule has 156 valence electrons. The van der Waals surface area contributed by atoms with Crippen molar-refractivity contribution >= 4 is 32.9 Å². The Morgan fingerprint density at radius 1 is 1.07 bits per heavy atom. The average Bonchev–Trinajstić information content (AvgIpc) is 2.74. The molecule has 3 aromatic rings. The number of nitrogens with zero attached hydrogens (tertiary/aromatic N) is 2. The Hall–Kier alpha value is -3.23. The third-order valence-electron chi connectivity index (χ3n) is 4.39. The molecule has 1 N–H and O–H groups in total. The monoisotopic (exact) mass is 425 g/mol. The summed E-state index contributed by atoms with van der Waals surface area (Å²) in [5, 5.41) is 5.64. The maximum absolute atomic E-state index is 12.8. The number of nitrogens with one attached hydrogen (secondary N) is 1. The number of benzene rings is 3. The lowest BCUT2D eigenvalue weighted by molar-refractivity contribution is -0.121. The van der Waals surface area contributed by atoms with Crippen LogP contribution in [0, 0.1) is 0 Å². The summed E-state index contributed by atoms with van der Waals surface area (Å²) in [7, 11) is -2.44. The van der Waals surface area contributed by atoms with Crippen LogP contribution in [-0.2, 0) is 14.8 Å². The van der Waals surface area contributed by atoms with Crippen LogP contribution in [-0.4, -0.2) is 45.0 Å². The number of rotatable bonds is 8. The Kier molecular flexibility index (Phi) is 6.81. The number of ether oxygens (including phenoxy) is 1. The second-order valence-electron chi connectivity index (χ2n) is 6.57. The Balaban J connectivity index is 1.60. The number of fused-ring (bicyclic) bond motifs is 1. The van der Waals surface area contributed by atoms with E-state index < -0.39 is 15.9 Å². The molecule has 0 atom stereocenters. The number of hydrogen-bond donors (Lipinski definition) is 1. The number of sulfonamides is 1. The first kappa shape index (κ1) is 21.5. The van der Waals surface area contributed by atoms with E-state index in [-0.39, 0.29) is 11.4 Å². The summed E-state index contributed by atoms with van der Waals surface area (Å²) in [6.45, 7) is 2.14. The topological polar surface area (TPSA) is 88.1 Å². The number of carbonyl (C=O) groups is 1. The first-order valence-electron chi connectivity index (χ1n) is 9.40. The number of hydrogen-bond acceptors (Lipinski definition) is 5. The molecule has 0 heterocycles. The highest BCUT2D eigenvalue weighted by molar-refractivity contribution is 7.89. The van der Waals surface area contributed by atoms with Gasteiger partial charge in [-0.1, -0.05) is 30.3 Å². The number of carbonyl (C=O) groups excluding carboxylic acids is 1. The van der Waals surface area contributed by atoms with Crippen molar-refractivity contribution in [1.82, 2.24) is 9.73 Å². The Morgan fingerprint density at radius 2 is 1.77 bits per heavy atom. The molecule has 0 spiro atoms. The molecular weight excluding hydrogens is 402 g/mol. The summed E-state index contributed by atoms with van der Waals surface area (Å²) in [6, 6.07) is 19.6. The normalized spacial score (nSPS) is 11.8. The maximum Gasteiger partial charge on any atom is 0.255 e. The largest absolute Gasteiger partial charge is 0.494 e. The molecule has 8 heteroatoms. The van der Waals surface area contributed by atoms with Crippen molar-refractivity contribution in [3.05, 3.63) is 72.3 Å². The van der Waals surface area contributed by atoms with Crippen LogP contribution in [0.4, 0.5) is 0 Å². The zero-order valence-electron chi connectivity index (χ0n) is 16.8. The van der Waals surface area contributed by atoms with Gasteiger partial charge < -0.3 is 4.74 Å². The molecule has 0 radical (unpaired) electrons. The third-order valence-corrected chi connectivity index (χ3v) is 6.19. The van der Waals surface area contributed by atoms with Gasteiger partial charge in [0.2, 0.25) is 10.0 Å².